The van der Waals surface area contributed by atoms with Crippen LogP contribution in [0.15, 0.2) is 12.7 Å². The number of aliphatic hydroxyl groups excluding tert-OH is 1. The van der Waals surface area contributed by atoms with Crippen molar-refractivity contribution in [2.24, 2.45) is 0 Å². The highest BCUT2D eigenvalue weighted by Crippen LogP contribution is 2.14. The second kappa shape index (κ2) is 4.39. The van der Waals surface area contributed by atoms with Crippen LogP contribution in [0.5, 0.6) is 0 Å². The predicted octanol–water partition coefficient (Wildman–Crippen LogP) is -0.173. The molecule has 13 heavy (non-hydrogen) atoms. The van der Waals surface area contributed by atoms with Gasteiger partial charge in [-0.2, -0.15) is 0 Å². The minimum Gasteiger partial charge on any atom is -0.455 e. The molecule has 0 saturated carbocycles. The van der Waals surface area contributed by atoms with Gasteiger partial charge in [0.1, 0.15) is 6.10 Å². The van der Waals surface area contributed by atoms with E-state index in [9.17, 15) is 9.90 Å². The van der Waals surface area contributed by atoms with Crippen molar-refractivity contribution in [2.45, 2.75) is 31.6 Å². The van der Waals surface area contributed by atoms with Crippen molar-refractivity contribution in [1.29, 1.82) is 0 Å². The molecule has 0 aromatic heterocycles. The van der Waals surface area contributed by atoms with Gasteiger partial charge in [-0.15, -0.1) is 0 Å². The average Bonchev–Trinajstić information content (AvgIpc) is 1.99. The van der Waals surface area contributed by atoms with Gasteiger partial charge in [0.05, 0.1) is 6.10 Å². The second-order valence-corrected chi connectivity index (χ2v) is 3.20. The summed E-state index contributed by atoms with van der Waals surface area (Å²) in [7, 11) is 0. The van der Waals surface area contributed by atoms with E-state index in [4.69, 9.17) is 4.74 Å². The van der Waals surface area contributed by atoms with Crippen LogP contribution < -0.4 is 5.32 Å². The first-order valence-electron chi connectivity index (χ1n) is 4.39. The Morgan fingerprint density at radius 3 is 2.77 bits per heavy atom. The lowest BCUT2D eigenvalue weighted by molar-refractivity contribution is -0.152. The van der Waals surface area contributed by atoms with Crippen molar-refractivity contribution in [2.75, 3.05) is 6.54 Å². The summed E-state index contributed by atoms with van der Waals surface area (Å²) in [6.07, 6.45) is 0.926. The van der Waals surface area contributed by atoms with Gasteiger partial charge in [-0.3, -0.25) is 0 Å². The summed E-state index contributed by atoms with van der Waals surface area (Å²) in [6.45, 7) is 5.83. The number of nitrogens with one attached hydrogen (secondary N) is 1. The van der Waals surface area contributed by atoms with Gasteiger partial charge in [-0.1, -0.05) is 6.58 Å². The zero-order valence-corrected chi connectivity index (χ0v) is 7.69. The highest BCUT2D eigenvalue weighted by molar-refractivity contribution is 5.81. The SMILES string of the molecule is C=CC(=O)OC(C(C)O)C1CCN1. The maximum atomic E-state index is 10.9. The van der Waals surface area contributed by atoms with Crippen LogP contribution in [0, 0.1) is 0 Å². The van der Waals surface area contributed by atoms with E-state index in [1.807, 2.05) is 0 Å². The molecule has 1 aliphatic rings. The Morgan fingerprint density at radius 1 is 1.85 bits per heavy atom. The Hall–Kier alpha value is -0.870. The maximum absolute atomic E-state index is 10.9. The lowest BCUT2D eigenvalue weighted by atomic mass is 9.97. The molecule has 0 amide bonds. The summed E-state index contributed by atoms with van der Waals surface area (Å²) in [5, 5.41) is 12.4. The van der Waals surface area contributed by atoms with Gasteiger partial charge >= 0.3 is 5.97 Å². The molecule has 0 radical (unpaired) electrons. The topological polar surface area (TPSA) is 58.6 Å². The fraction of sp³-hybridized carbons (Fsp3) is 0.667. The monoisotopic (exact) mass is 185 g/mol. The molecule has 1 aliphatic heterocycles. The number of carbonyl (C=O) groups excluding carboxylic acids is 1. The van der Waals surface area contributed by atoms with Gasteiger partial charge in [0.15, 0.2) is 0 Å². The molecule has 74 valence electrons. The first-order chi connectivity index (χ1) is 6.15. The minimum absolute atomic E-state index is 0.0869. The molecule has 2 N–H and O–H groups in total. The molecule has 0 aromatic rings. The summed E-state index contributed by atoms with van der Waals surface area (Å²) in [5.41, 5.74) is 0. The van der Waals surface area contributed by atoms with Gasteiger partial charge in [-0.25, -0.2) is 4.79 Å². The molecule has 1 heterocycles. The van der Waals surface area contributed by atoms with Crippen LogP contribution in [0.1, 0.15) is 13.3 Å². The highest BCUT2D eigenvalue weighted by atomic mass is 16.6. The molecule has 0 spiro atoms. The van der Waals surface area contributed by atoms with E-state index in [2.05, 4.69) is 11.9 Å². The summed E-state index contributed by atoms with van der Waals surface area (Å²) < 4.78 is 5.00. The van der Waals surface area contributed by atoms with Crippen LogP contribution >= 0.6 is 0 Å². The van der Waals surface area contributed by atoms with Crippen molar-refractivity contribution in [3.05, 3.63) is 12.7 Å². The fourth-order valence-electron chi connectivity index (χ4n) is 1.29. The molecular weight excluding hydrogens is 170 g/mol. The summed E-state index contributed by atoms with van der Waals surface area (Å²) in [4.78, 5) is 10.9. The summed E-state index contributed by atoms with van der Waals surface area (Å²) >= 11 is 0. The summed E-state index contributed by atoms with van der Waals surface area (Å²) in [5.74, 6) is -0.486. The quantitative estimate of drug-likeness (QED) is 0.471. The molecule has 3 atom stereocenters. The number of carbonyl (C=O) groups is 1. The average molecular weight is 185 g/mol. The van der Waals surface area contributed by atoms with E-state index in [0.29, 0.717) is 0 Å². The van der Waals surface area contributed by atoms with E-state index in [1.54, 1.807) is 6.92 Å². The number of ether oxygens (including phenoxy) is 1. The highest BCUT2D eigenvalue weighted by Gasteiger charge is 2.32. The van der Waals surface area contributed by atoms with Gasteiger partial charge in [-0.05, 0) is 19.9 Å². The first kappa shape index (κ1) is 10.2. The first-order valence-corrected chi connectivity index (χ1v) is 4.39. The lowest BCUT2D eigenvalue weighted by Gasteiger charge is -2.35. The van der Waals surface area contributed by atoms with E-state index in [1.165, 1.54) is 0 Å². The minimum atomic E-state index is -0.651. The van der Waals surface area contributed by atoms with Gasteiger partial charge in [0.2, 0.25) is 0 Å². The third-order valence-corrected chi connectivity index (χ3v) is 2.15. The summed E-state index contributed by atoms with van der Waals surface area (Å²) in [6, 6.07) is 0.0869. The molecule has 1 fully saturated rings. The number of rotatable bonds is 4. The predicted molar refractivity (Wildman–Crippen MR) is 48.2 cm³/mol. The molecular formula is C9H15NO3. The zero-order valence-electron chi connectivity index (χ0n) is 7.69. The third-order valence-electron chi connectivity index (χ3n) is 2.15. The smallest absolute Gasteiger partial charge is 0.330 e. The number of hydrogen-bond donors (Lipinski definition) is 2. The number of aliphatic hydroxyl groups is 1. The number of esters is 1. The van der Waals surface area contributed by atoms with Gasteiger partial charge in [0, 0.05) is 12.1 Å². The van der Waals surface area contributed by atoms with Crippen molar-refractivity contribution < 1.29 is 14.6 Å². The molecule has 0 aromatic carbocycles. The Balaban J connectivity index is 2.46. The molecule has 3 unspecified atom stereocenters. The molecule has 1 rings (SSSR count). The van der Waals surface area contributed by atoms with Crippen LogP contribution in [0.2, 0.25) is 0 Å². The standard InChI is InChI=1S/C9H15NO3/c1-3-8(12)13-9(6(2)11)7-4-5-10-7/h3,6-7,9-11H,1,4-5H2,2H3. The van der Waals surface area contributed by atoms with E-state index in [-0.39, 0.29) is 6.04 Å². The zero-order chi connectivity index (χ0) is 9.84. The Kier molecular flexibility index (Phi) is 3.45. The van der Waals surface area contributed by atoms with E-state index in [0.717, 1.165) is 19.0 Å². The van der Waals surface area contributed by atoms with Crippen molar-refractivity contribution in [1.82, 2.24) is 5.32 Å². The van der Waals surface area contributed by atoms with Crippen molar-refractivity contribution >= 4 is 5.97 Å². The van der Waals surface area contributed by atoms with Gasteiger partial charge in [0.25, 0.3) is 0 Å². The molecule has 4 heteroatoms. The fourth-order valence-corrected chi connectivity index (χ4v) is 1.29. The maximum Gasteiger partial charge on any atom is 0.330 e. The molecule has 0 aliphatic carbocycles. The van der Waals surface area contributed by atoms with E-state index < -0.39 is 18.2 Å². The second-order valence-electron chi connectivity index (χ2n) is 3.20. The Labute approximate surface area is 77.6 Å². The van der Waals surface area contributed by atoms with Crippen molar-refractivity contribution in [3.63, 3.8) is 0 Å². The Morgan fingerprint density at radius 2 is 2.46 bits per heavy atom. The Bertz CT molecular complexity index is 199. The van der Waals surface area contributed by atoms with Crippen LogP contribution in [0.3, 0.4) is 0 Å². The largest absolute Gasteiger partial charge is 0.455 e. The third kappa shape index (κ3) is 2.54. The van der Waals surface area contributed by atoms with Gasteiger partial charge < -0.3 is 15.2 Å². The normalized spacial score (nSPS) is 25.5. The van der Waals surface area contributed by atoms with Crippen LogP contribution in [0.4, 0.5) is 0 Å². The van der Waals surface area contributed by atoms with Crippen LogP contribution in [-0.2, 0) is 9.53 Å². The van der Waals surface area contributed by atoms with E-state index >= 15 is 0 Å². The molecule has 1 saturated heterocycles. The lowest BCUT2D eigenvalue weighted by Crippen LogP contribution is -2.55. The van der Waals surface area contributed by atoms with Crippen molar-refractivity contribution in [3.8, 4) is 0 Å². The number of hydrogen-bond acceptors (Lipinski definition) is 4. The molecule has 4 nitrogen and oxygen atoms in total. The van der Waals surface area contributed by atoms with Crippen LogP contribution in [-0.4, -0.2) is 35.9 Å². The van der Waals surface area contributed by atoms with Crippen LogP contribution in [0.25, 0.3) is 0 Å². The molecule has 0 bridgehead atoms.